The number of carbonyl (C=O) groups excluding carboxylic acids is 1. The monoisotopic (exact) mass is 160 g/mol. The number of pyridine rings is 1. The van der Waals surface area contributed by atoms with E-state index in [-0.39, 0.29) is 0 Å². The number of nitrogens with zero attached hydrogens (tertiary/aromatic N) is 1. The number of hydrogen-bond donors (Lipinski definition) is 1. The summed E-state index contributed by atoms with van der Waals surface area (Å²) in [6.45, 7) is 0.381. The molecular formula is C9H8N2O. The Morgan fingerprint density at radius 3 is 2.92 bits per heavy atom. The van der Waals surface area contributed by atoms with E-state index in [9.17, 15) is 4.79 Å². The van der Waals surface area contributed by atoms with E-state index in [4.69, 9.17) is 0 Å². The maximum atomic E-state index is 9.83. The van der Waals surface area contributed by atoms with Crippen molar-refractivity contribution in [2.75, 3.05) is 6.54 Å². The summed E-state index contributed by atoms with van der Waals surface area (Å²) >= 11 is 0. The average molecular weight is 160 g/mol. The standard InChI is InChI=1S/C9H8N2O/c12-8-11-5-1-2-9-3-6-10-7-4-9/h3-4,6-8H,5H2,(H,11,12). The predicted octanol–water partition coefficient (Wildman–Crippen LogP) is 0.179. The topological polar surface area (TPSA) is 42.0 Å². The lowest BCUT2D eigenvalue weighted by Gasteiger charge is -1.86. The lowest BCUT2D eigenvalue weighted by atomic mass is 10.3. The average Bonchev–Trinajstić information content (AvgIpc) is 2.14. The summed E-state index contributed by atoms with van der Waals surface area (Å²) in [6, 6.07) is 3.63. The van der Waals surface area contributed by atoms with Gasteiger partial charge >= 0.3 is 0 Å². The summed E-state index contributed by atoms with van der Waals surface area (Å²) < 4.78 is 0. The highest BCUT2D eigenvalue weighted by atomic mass is 16.1. The van der Waals surface area contributed by atoms with Crippen molar-refractivity contribution in [2.45, 2.75) is 0 Å². The molecule has 1 aromatic rings. The van der Waals surface area contributed by atoms with E-state index in [2.05, 4.69) is 22.1 Å². The largest absolute Gasteiger partial charge is 0.348 e. The van der Waals surface area contributed by atoms with Crippen LogP contribution < -0.4 is 5.32 Å². The highest BCUT2D eigenvalue weighted by Crippen LogP contribution is 1.90. The second kappa shape index (κ2) is 4.91. The van der Waals surface area contributed by atoms with E-state index in [1.54, 1.807) is 12.4 Å². The first kappa shape index (κ1) is 8.28. The molecule has 3 nitrogen and oxygen atoms in total. The van der Waals surface area contributed by atoms with Crippen LogP contribution in [-0.4, -0.2) is 17.9 Å². The van der Waals surface area contributed by atoms with Crippen LogP contribution >= 0.6 is 0 Å². The molecule has 1 aromatic heterocycles. The Hall–Kier alpha value is -1.82. The Labute approximate surface area is 70.8 Å². The Morgan fingerprint density at radius 1 is 1.50 bits per heavy atom. The molecule has 1 N–H and O–H groups in total. The van der Waals surface area contributed by atoms with Crippen LogP contribution in [0.1, 0.15) is 5.56 Å². The predicted molar refractivity (Wildman–Crippen MR) is 45.2 cm³/mol. The molecule has 12 heavy (non-hydrogen) atoms. The van der Waals surface area contributed by atoms with Crippen molar-refractivity contribution in [3.8, 4) is 11.8 Å². The highest BCUT2D eigenvalue weighted by molar-refractivity contribution is 5.47. The molecule has 0 bridgehead atoms. The quantitative estimate of drug-likeness (QED) is 0.381. The van der Waals surface area contributed by atoms with Crippen molar-refractivity contribution in [2.24, 2.45) is 0 Å². The van der Waals surface area contributed by atoms with Crippen LogP contribution in [0.15, 0.2) is 24.5 Å². The molecule has 0 spiro atoms. The van der Waals surface area contributed by atoms with Gasteiger partial charge in [-0.05, 0) is 12.1 Å². The molecule has 0 aliphatic rings. The number of hydrogen-bond acceptors (Lipinski definition) is 2. The van der Waals surface area contributed by atoms with E-state index < -0.39 is 0 Å². The van der Waals surface area contributed by atoms with Gasteiger partial charge in [0.15, 0.2) is 0 Å². The highest BCUT2D eigenvalue weighted by Gasteiger charge is 1.80. The molecule has 0 saturated carbocycles. The van der Waals surface area contributed by atoms with Gasteiger partial charge < -0.3 is 5.32 Å². The lowest BCUT2D eigenvalue weighted by Crippen LogP contribution is -2.09. The summed E-state index contributed by atoms with van der Waals surface area (Å²) in [5.74, 6) is 5.65. The summed E-state index contributed by atoms with van der Waals surface area (Å²) in [6.07, 6.45) is 3.98. The molecule has 60 valence electrons. The zero-order valence-corrected chi connectivity index (χ0v) is 6.45. The molecule has 0 aliphatic carbocycles. The first-order valence-corrected chi connectivity index (χ1v) is 3.49. The fourth-order valence-electron chi connectivity index (χ4n) is 0.674. The molecule has 1 heterocycles. The Kier molecular flexibility index (Phi) is 3.39. The number of carbonyl (C=O) groups is 1. The van der Waals surface area contributed by atoms with Crippen LogP contribution in [-0.2, 0) is 4.79 Å². The third-order valence-electron chi connectivity index (χ3n) is 1.19. The SMILES string of the molecule is O=CNCC#Cc1ccncc1. The second-order valence-corrected chi connectivity index (χ2v) is 2.04. The minimum absolute atomic E-state index is 0.381. The zero-order valence-electron chi connectivity index (χ0n) is 6.45. The van der Waals surface area contributed by atoms with Crippen LogP contribution in [0.25, 0.3) is 0 Å². The Balaban J connectivity index is 2.49. The minimum Gasteiger partial charge on any atom is -0.348 e. The van der Waals surface area contributed by atoms with Crippen LogP contribution in [0, 0.1) is 11.8 Å². The fraction of sp³-hybridized carbons (Fsp3) is 0.111. The molecule has 0 aliphatic heterocycles. The molecule has 3 heteroatoms. The van der Waals surface area contributed by atoms with Crippen molar-refractivity contribution in [1.29, 1.82) is 0 Å². The van der Waals surface area contributed by atoms with Crippen molar-refractivity contribution in [3.05, 3.63) is 30.1 Å². The maximum absolute atomic E-state index is 9.83. The molecule has 0 saturated heterocycles. The third-order valence-corrected chi connectivity index (χ3v) is 1.19. The maximum Gasteiger partial charge on any atom is 0.207 e. The van der Waals surface area contributed by atoms with Gasteiger partial charge in [0.05, 0.1) is 6.54 Å². The number of nitrogens with one attached hydrogen (secondary N) is 1. The van der Waals surface area contributed by atoms with E-state index in [0.717, 1.165) is 5.56 Å². The first-order valence-electron chi connectivity index (χ1n) is 3.49. The molecule has 1 rings (SSSR count). The van der Waals surface area contributed by atoms with Crippen LogP contribution in [0.5, 0.6) is 0 Å². The van der Waals surface area contributed by atoms with Gasteiger partial charge in [-0.2, -0.15) is 0 Å². The Bertz CT molecular complexity index is 297. The normalized spacial score (nSPS) is 8.00. The summed E-state index contributed by atoms with van der Waals surface area (Å²) in [5.41, 5.74) is 0.901. The number of amides is 1. The van der Waals surface area contributed by atoms with Crippen molar-refractivity contribution in [3.63, 3.8) is 0 Å². The zero-order chi connectivity index (χ0) is 8.65. The fourth-order valence-corrected chi connectivity index (χ4v) is 0.674. The summed E-state index contributed by atoms with van der Waals surface area (Å²) in [7, 11) is 0. The summed E-state index contributed by atoms with van der Waals surface area (Å²) in [4.78, 5) is 13.7. The van der Waals surface area contributed by atoms with Crippen molar-refractivity contribution in [1.82, 2.24) is 10.3 Å². The molecule has 1 amide bonds. The van der Waals surface area contributed by atoms with Gasteiger partial charge in [0.25, 0.3) is 0 Å². The smallest absolute Gasteiger partial charge is 0.207 e. The summed E-state index contributed by atoms with van der Waals surface area (Å²) in [5, 5.41) is 2.45. The van der Waals surface area contributed by atoms with E-state index >= 15 is 0 Å². The van der Waals surface area contributed by atoms with E-state index in [1.807, 2.05) is 12.1 Å². The van der Waals surface area contributed by atoms with Gasteiger partial charge in [-0.25, -0.2) is 0 Å². The Morgan fingerprint density at radius 2 is 2.25 bits per heavy atom. The molecule has 0 atom stereocenters. The van der Waals surface area contributed by atoms with Gasteiger partial charge in [-0.1, -0.05) is 11.8 Å². The van der Waals surface area contributed by atoms with Crippen molar-refractivity contribution >= 4 is 6.41 Å². The number of rotatable bonds is 2. The van der Waals surface area contributed by atoms with E-state index in [0.29, 0.717) is 13.0 Å². The molecule has 0 unspecified atom stereocenters. The third kappa shape index (κ3) is 2.84. The molecule has 0 radical (unpaired) electrons. The van der Waals surface area contributed by atoms with Crippen LogP contribution in [0.3, 0.4) is 0 Å². The first-order chi connectivity index (χ1) is 5.93. The number of aromatic nitrogens is 1. The van der Waals surface area contributed by atoms with Gasteiger partial charge in [0.1, 0.15) is 0 Å². The molecular weight excluding hydrogens is 152 g/mol. The van der Waals surface area contributed by atoms with Gasteiger partial charge in [-0.15, -0.1) is 0 Å². The lowest BCUT2D eigenvalue weighted by molar-refractivity contribution is -0.109. The second-order valence-electron chi connectivity index (χ2n) is 2.04. The molecule has 0 aromatic carbocycles. The minimum atomic E-state index is 0.381. The van der Waals surface area contributed by atoms with Gasteiger partial charge in [0.2, 0.25) is 6.41 Å². The van der Waals surface area contributed by atoms with E-state index in [1.165, 1.54) is 0 Å². The van der Waals surface area contributed by atoms with Gasteiger partial charge in [-0.3, -0.25) is 9.78 Å². The van der Waals surface area contributed by atoms with Crippen LogP contribution in [0.4, 0.5) is 0 Å². The van der Waals surface area contributed by atoms with Crippen molar-refractivity contribution < 1.29 is 4.79 Å². The molecule has 0 fully saturated rings. The van der Waals surface area contributed by atoms with Gasteiger partial charge in [0, 0.05) is 18.0 Å². The van der Waals surface area contributed by atoms with Crippen LogP contribution in [0.2, 0.25) is 0 Å².